The number of benzene rings is 2. The lowest BCUT2D eigenvalue weighted by Crippen LogP contribution is -2.42. The molecule has 1 unspecified atom stereocenters. The molecule has 0 N–H and O–H groups in total. The highest BCUT2D eigenvalue weighted by Gasteiger charge is 2.29. The molecule has 0 aliphatic carbocycles. The van der Waals surface area contributed by atoms with Crippen molar-refractivity contribution in [2.24, 2.45) is 5.92 Å². The van der Waals surface area contributed by atoms with E-state index in [1.54, 1.807) is 9.47 Å². The fourth-order valence-electron chi connectivity index (χ4n) is 8.01. The third kappa shape index (κ3) is 11.2. The highest BCUT2D eigenvalue weighted by atomic mass is 16.5. The Morgan fingerprint density at radius 2 is 1.56 bits per heavy atom. The van der Waals surface area contributed by atoms with Crippen molar-refractivity contribution < 1.29 is 14.3 Å². The van der Waals surface area contributed by atoms with Gasteiger partial charge in [0.25, 0.3) is 0 Å². The number of carbonyl (C=O) groups excluding carboxylic acids is 2. The second-order valence-corrected chi connectivity index (χ2v) is 14.9. The van der Waals surface area contributed by atoms with Crippen molar-refractivity contribution in [3.05, 3.63) is 96.5 Å². The normalized spacial score (nSPS) is 14.6. The summed E-state index contributed by atoms with van der Waals surface area (Å²) in [7, 11) is 1.52. The summed E-state index contributed by atoms with van der Waals surface area (Å²) >= 11 is 0. The minimum atomic E-state index is -0.180. The number of amides is 1. The predicted molar refractivity (Wildman–Crippen MR) is 221 cm³/mol. The Morgan fingerprint density at radius 1 is 0.870 bits per heavy atom. The molecule has 0 saturated carbocycles. The van der Waals surface area contributed by atoms with Gasteiger partial charge in [-0.3, -0.25) is 19.1 Å². The molecule has 5 rings (SSSR count). The maximum absolute atomic E-state index is 13.8. The van der Waals surface area contributed by atoms with Crippen molar-refractivity contribution >= 4 is 39.1 Å². The smallest absolute Gasteiger partial charge is 0.248 e. The summed E-state index contributed by atoms with van der Waals surface area (Å²) in [6, 6.07) is 21.0. The van der Waals surface area contributed by atoms with E-state index >= 15 is 0 Å². The molecule has 3 heterocycles. The van der Waals surface area contributed by atoms with Crippen LogP contribution in [0.25, 0.3) is 27.2 Å². The third-order valence-electron chi connectivity index (χ3n) is 11.1. The van der Waals surface area contributed by atoms with Crippen molar-refractivity contribution in [1.82, 2.24) is 14.5 Å². The monoisotopic (exact) mass is 728 g/mol. The predicted octanol–water partition coefficient (Wildman–Crippen LogP) is 11.4. The molecule has 1 aliphatic heterocycles. The Labute approximate surface area is 323 Å². The van der Waals surface area contributed by atoms with E-state index in [1.165, 1.54) is 68.5 Å². The lowest BCUT2D eigenvalue weighted by atomic mass is 9.89. The van der Waals surface area contributed by atoms with E-state index in [-0.39, 0.29) is 24.3 Å². The van der Waals surface area contributed by atoms with Gasteiger partial charge in [0.15, 0.2) is 0 Å². The highest BCUT2D eigenvalue weighted by molar-refractivity contribution is 6.02. The van der Waals surface area contributed by atoms with Crippen LogP contribution >= 0.6 is 0 Å². The molecule has 7 heteroatoms. The van der Waals surface area contributed by atoms with Gasteiger partial charge in [-0.1, -0.05) is 106 Å². The number of hydrogen-bond acceptors (Lipinski definition) is 5. The van der Waals surface area contributed by atoms with Crippen LogP contribution in [0, 0.1) is 17.2 Å². The average Bonchev–Trinajstić information content (AvgIpc) is 3.59. The summed E-state index contributed by atoms with van der Waals surface area (Å²) in [5, 5.41) is 13.7. The summed E-state index contributed by atoms with van der Waals surface area (Å²) in [6.45, 7) is 3.42. The number of piperidine rings is 1. The van der Waals surface area contributed by atoms with Crippen LogP contribution in [0.4, 0.5) is 0 Å². The fourth-order valence-corrected chi connectivity index (χ4v) is 8.01. The molecular formula is C47H60N4O3. The summed E-state index contributed by atoms with van der Waals surface area (Å²) < 4.78 is 6.74. The summed E-state index contributed by atoms with van der Waals surface area (Å²) in [5.74, 6) is 0.190. The molecule has 2 aromatic heterocycles. The van der Waals surface area contributed by atoms with Crippen LogP contribution in [-0.2, 0) is 9.53 Å². The lowest BCUT2D eigenvalue weighted by Gasteiger charge is -2.31. The van der Waals surface area contributed by atoms with Gasteiger partial charge in [0.05, 0.1) is 22.9 Å². The van der Waals surface area contributed by atoms with Crippen LogP contribution < -0.4 is 0 Å². The standard InChI is InChI=1S/C47H60N4O3/c1-3-4-5-6-7-8-9-10-11-12-14-22-38(46-41-25-18-17-21-37(41)28-31-49-46)23-15-13-16-24-40(34-48)43-35-51(44-27-20-19-26-42(43)44)47(53)39-29-32-50(33-30-39)45(52)36-54-2/h10-11,17-21,24-28,31,35,38-39H,3-9,12-16,22-23,29-30,32-33,36H2,1-2H3/b11-10-,40-24+. The number of likely N-dealkylation sites (tertiary alicyclic amines) is 1. The van der Waals surface area contributed by atoms with Crippen molar-refractivity contribution in [2.45, 2.75) is 116 Å². The maximum atomic E-state index is 13.8. The van der Waals surface area contributed by atoms with Gasteiger partial charge >= 0.3 is 0 Å². The first-order chi connectivity index (χ1) is 26.5. The number of unbranched alkanes of at least 4 members (excludes halogenated alkanes) is 9. The van der Waals surface area contributed by atoms with E-state index in [1.807, 2.05) is 36.7 Å². The maximum Gasteiger partial charge on any atom is 0.248 e. The molecule has 1 atom stereocenters. The van der Waals surface area contributed by atoms with E-state index in [2.05, 4.69) is 61.6 Å². The first-order valence-electron chi connectivity index (χ1n) is 20.6. The minimum absolute atomic E-state index is 0.0231. The Morgan fingerprint density at radius 3 is 2.33 bits per heavy atom. The largest absolute Gasteiger partial charge is 0.375 e. The molecule has 1 amide bonds. The molecule has 286 valence electrons. The van der Waals surface area contributed by atoms with Crippen LogP contribution in [0.1, 0.15) is 132 Å². The van der Waals surface area contributed by atoms with E-state index in [4.69, 9.17) is 9.72 Å². The second kappa shape index (κ2) is 22.0. The Kier molecular flexibility index (Phi) is 16.5. The number of nitriles is 1. The van der Waals surface area contributed by atoms with Crippen LogP contribution in [0.15, 0.2) is 85.2 Å². The average molecular weight is 729 g/mol. The molecular weight excluding hydrogens is 669 g/mol. The Hall–Kier alpha value is -4.54. The number of rotatable bonds is 21. The molecule has 1 fully saturated rings. The van der Waals surface area contributed by atoms with Crippen molar-refractivity contribution in [2.75, 3.05) is 26.8 Å². The van der Waals surface area contributed by atoms with Gasteiger partial charge in [0.1, 0.15) is 6.61 Å². The zero-order chi connectivity index (χ0) is 38.0. The molecule has 1 saturated heterocycles. The van der Waals surface area contributed by atoms with E-state index in [0.29, 0.717) is 37.4 Å². The van der Waals surface area contributed by atoms with Gasteiger partial charge in [-0.2, -0.15) is 5.26 Å². The first-order valence-corrected chi connectivity index (χ1v) is 20.6. The number of allylic oxidation sites excluding steroid dienone is 4. The summed E-state index contributed by atoms with van der Waals surface area (Å²) in [5.41, 5.74) is 3.44. The number of fused-ring (bicyclic) bond motifs is 2. The van der Waals surface area contributed by atoms with Crippen molar-refractivity contribution in [3.63, 3.8) is 0 Å². The number of pyridine rings is 1. The molecule has 1 aliphatic rings. The quantitative estimate of drug-likeness (QED) is 0.0484. The number of para-hydroxylation sites is 1. The van der Waals surface area contributed by atoms with Gasteiger partial charge < -0.3 is 9.64 Å². The lowest BCUT2D eigenvalue weighted by molar-refractivity contribution is -0.136. The second-order valence-electron chi connectivity index (χ2n) is 14.9. The highest BCUT2D eigenvalue weighted by Crippen LogP contribution is 2.33. The molecule has 2 aromatic carbocycles. The molecule has 0 spiro atoms. The number of carbonyl (C=O) groups is 2. The Balaban J connectivity index is 1.19. The summed E-state index contributed by atoms with van der Waals surface area (Å²) in [6.07, 6.45) is 28.3. The van der Waals surface area contributed by atoms with Crippen LogP contribution in [0.5, 0.6) is 0 Å². The zero-order valence-corrected chi connectivity index (χ0v) is 32.7. The van der Waals surface area contributed by atoms with Gasteiger partial charge in [0, 0.05) is 60.8 Å². The van der Waals surface area contributed by atoms with Crippen LogP contribution in [0.2, 0.25) is 0 Å². The topological polar surface area (TPSA) is 88.2 Å². The van der Waals surface area contributed by atoms with Gasteiger partial charge in [-0.25, -0.2) is 0 Å². The van der Waals surface area contributed by atoms with E-state index < -0.39 is 0 Å². The van der Waals surface area contributed by atoms with E-state index in [0.717, 1.165) is 61.4 Å². The molecule has 0 radical (unpaired) electrons. The molecule has 0 bridgehead atoms. The van der Waals surface area contributed by atoms with Crippen molar-refractivity contribution in [3.8, 4) is 6.07 Å². The summed E-state index contributed by atoms with van der Waals surface area (Å²) in [4.78, 5) is 32.8. The number of hydrogen-bond donors (Lipinski definition) is 0. The Bertz CT molecular complexity index is 1890. The SMILES string of the molecule is CCCCCCCC/C=C\CCCC(CCCC/C=C(\C#N)c1cn(C(=O)C2CCN(C(=O)COC)CC2)c2ccccc12)c1nccc2ccccc12. The van der Waals surface area contributed by atoms with Crippen LogP contribution in [0.3, 0.4) is 0 Å². The number of methoxy groups -OCH3 is 1. The first kappa shape index (κ1) is 40.6. The molecule has 54 heavy (non-hydrogen) atoms. The minimum Gasteiger partial charge on any atom is -0.375 e. The van der Waals surface area contributed by atoms with Gasteiger partial charge in [0.2, 0.25) is 11.8 Å². The number of nitrogens with zero attached hydrogens (tertiary/aromatic N) is 4. The number of aromatic nitrogens is 2. The zero-order valence-electron chi connectivity index (χ0n) is 32.7. The third-order valence-corrected chi connectivity index (χ3v) is 11.1. The van der Waals surface area contributed by atoms with Gasteiger partial charge in [-0.15, -0.1) is 0 Å². The van der Waals surface area contributed by atoms with Crippen LogP contribution in [-0.4, -0.2) is 53.1 Å². The fraction of sp³-hybridized carbons (Fsp3) is 0.489. The molecule has 4 aromatic rings. The van der Waals surface area contributed by atoms with Gasteiger partial charge in [-0.05, 0) is 81.7 Å². The molecule has 7 nitrogen and oxygen atoms in total. The number of ether oxygens (including phenoxy) is 1. The van der Waals surface area contributed by atoms with Crippen molar-refractivity contribution in [1.29, 1.82) is 5.26 Å². The van der Waals surface area contributed by atoms with E-state index in [9.17, 15) is 14.9 Å².